The van der Waals surface area contributed by atoms with Crippen molar-refractivity contribution in [3.05, 3.63) is 76.5 Å². The van der Waals surface area contributed by atoms with Gasteiger partial charge in [-0.1, -0.05) is 18.2 Å². The van der Waals surface area contributed by atoms with Crippen molar-refractivity contribution >= 4 is 23.4 Å². The summed E-state index contributed by atoms with van der Waals surface area (Å²) >= 11 is 0. The number of amides is 1. The second kappa shape index (κ2) is 11.5. The first-order valence-corrected chi connectivity index (χ1v) is 12.9. The highest BCUT2D eigenvalue weighted by molar-refractivity contribution is 6.15. The van der Waals surface area contributed by atoms with Crippen LogP contribution in [0.15, 0.2) is 59.8 Å². The third kappa shape index (κ3) is 5.58. The van der Waals surface area contributed by atoms with Gasteiger partial charge >= 0.3 is 12.1 Å². The standard InChI is InChI=1S/C29H30F3N5O3/c1-4-40-28(39)23-18(2)37(22-7-5-6-21(16-22)29(30,31)32)26(34)25(27(38)36-14-12-35(3)13-15-36)24(23)20-10-8-19(17-33)9-11-20/h5-11,16,24-25,34H,4,12-15H2,1-3H3. The number of hydrogen-bond acceptors (Lipinski definition) is 6. The summed E-state index contributed by atoms with van der Waals surface area (Å²) in [6.07, 6.45) is -4.63. The van der Waals surface area contributed by atoms with Crippen LogP contribution >= 0.6 is 0 Å². The Morgan fingerprint density at radius 3 is 2.33 bits per heavy atom. The molecule has 40 heavy (non-hydrogen) atoms. The molecule has 2 aromatic rings. The average Bonchev–Trinajstić information content (AvgIpc) is 2.92. The first-order chi connectivity index (χ1) is 19.0. The number of esters is 1. The second-order valence-corrected chi connectivity index (χ2v) is 9.81. The molecule has 0 saturated carbocycles. The van der Waals surface area contributed by atoms with E-state index >= 15 is 0 Å². The maximum Gasteiger partial charge on any atom is 0.416 e. The number of nitrogens with one attached hydrogen (secondary N) is 1. The van der Waals surface area contributed by atoms with E-state index in [2.05, 4.69) is 4.90 Å². The molecule has 2 unspecified atom stereocenters. The summed E-state index contributed by atoms with van der Waals surface area (Å²) in [7, 11) is 1.93. The van der Waals surface area contributed by atoms with Gasteiger partial charge in [-0.2, -0.15) is 18.4 Å². The number of ether oxygens (including phenoxy) is 1. The van der Waals surface area contributed by atoms with Crippen molar-refractivity contribution in [2.45, 2.75) is 25.9 Å². The van der Waals surface area contributed by atoms with Crippen LogP contribution in [-0.4, -0.2) is 67.3 Å². The largest absolute Gasteiger partial charge is 0.463 e. The Balaban J connectivity index is 1.94. The molecule has 1 N–H and O–H groups in total. The molecule has 2 atom stereocenters. The molecule has 0 bridgehead atoms. The maximum absolute atomic E-state index is 14.1. The Kier molecular flexibility index (Phi) is 8.30. The highest BCUT2D eigenvalue weighted by Crippen LogP contribution is 2.44. The van der Waals surface area contributed by atoms with Crippen LogP contribution in [0, 0.1) is 22.7 Å². The molecule has 210 valence electrons. The van der Waals surface area contributed by atoms with Crippen molar-refractivity contribution in [3.8, 4) is 6.07 Å². The average molecular weight is 554 g/mol. The van der Waals surface area contributed by atoms with Crippen molar-refractivity contribution in [3.63, 3.8) is 0 Å². The van der Waals surface area contributed by atoms with Crippen molar-refractivity contribution < 1.29 is 27.5 Å². The van der Waals surface area contributed by atoms with Crippen molar-refractivity contribution in [2.24, 2.45) is 5.92 Å². The Hall–Kier alpha value is -4.17. The SMILES string of the molecule is CCOC(=O)C1=C(C)N(c2cccc(C(F)(F)F)c2)C(=N)C(C(=O)N2CCN(C)CC2)C1c1ccc(C#N)cc1. The van der Waals surface area contributed by atoms with Gasteiger partial charge in [-0.25, -0.2) is 4.79 Å². The molecule has 8 nitrogen and oxygen atoms in total. The summed E-state index contributed by atoms with van der Waals surface area (Å²) in [5, 5.41) is 18.5. The van der Waals surface area contributed by atoms with E-state index in [9.17, 15) is 33.4 Å². The van der Waals surface area contributed by atoms with E-state index in [-0.39, 0.29) is 29.4 Å². The predicted molar refractivity (Wildman–Crippen MR) is 142 cm³/mol. The minimum absolute atomic E-state index is 0.00794. The fourth-order valence-electron chi connectivity index (χ4n) is 5.23. The number of carbonyl (C=O) groups is 2. The quantitative estimate of drug-likeness (QED) is 0.552. The zero-order valence-electron chi connectivity index (χ0n) is 22.5. The number of amidine groups is 1. The Bertz CT molecular complexity index is 1370. The van der Waals surface area contributed by atoms with Crippen molar-refractivity contribution in [1.82, 2.24) is 9.80 Å². The fourth-order valence-corrected chi connectivity index (χ4v) is 5.23. The molecule has 1 saturated heterocycles. The lowest BCUT2D eigenvalue weighted by atomic mass is 9.74. The Morgan fingerprint density at radius 2 is 1.75 bits per heavy atom. The topological polar surface area (TPSA) is 101 Å². The normalized spacial score (nSPS) is 20.4. The molecule has 11 heteroatoms. The van der Waals surface area contributed by atoms with Gasteiger partial charge in [-0.3, -0.25) is 10.2 Å². The van der Waals surface area contributed by atoms with Gasteiger partial charge in [-0.05, 0) is 56.8 Å². The van der Waals surface area contributed by atoms with Gasteiger partial charge in [-0.15, -0.1) is 0 Å². The molecular weight excluding hydrogens is 523 g/mol. The number of piperazine rings is 1. The lowest BCUT2D eigenvalue weighted by Crippen LogP contribution is -2.55. The van der Waals surface area contributed by atoms with Crippen LogP contribution in [0.5, 0.6) is 0 Å². The van der Waals surface area contributed by atoms with Gasteiger partial charge in [0.15, 0.2) is 0 Å². The first-order valence-electron chi connectivity index (χ1n) is 12.9. The summed E-state index contributed by atoms with van der Waals surface area (Å²) in [5.74, 6) is -3.56. The Morgan fingerprint density at radius 1 is 1.10 bits per heavy atom. The van der Waals surface area contributed by atoms with Gasteiger partial charge in [0.1, 0.15) is 11.8 Å². The van der Waals surface area contributed by atoms with E-state index < -0.39 is 35.5 Å². The fraction of sp³-hybridized carbons (Fsp3) is 0.379. The number of likely N-dealkylation sites (N-methyl/N-ethyl adjacent to an activating group) is 1. The number of anilines is 1. The van der Waals surface area contributed by atoms with E-state index in [4.69, 9.17) is 4.74 Å². The van der Waals surface area contributed by atoms with Gasteiger partial charge in [0, 0.05) is 43.5 Å². The molecule has 2 heterocycles. The summed E-state index contributed by atoms with van der Waals surface area (Å²) in [6, 6.07) is 12.9. The van der Waals surface area contributed by atoms with E-state index in [1.807, 2.05) is 13.1 Å². The maximum atomic E-state index is 14.1. The van der Waals surface area contributed by atoms with E-state index in [0.717, 1.165) is 12.1 Å². The second-order valence-electron chi connectivity index (χ2n) is 9.81. The summed E-state index contributed by atoms with van der Waals surface area (Å²) in [4.78, 5) is 32.5. The minimum Gasteiger partial charge on any atom is -0.463 e. The summed E-state index contributed by atoms with van der Waals surface area (Å²) < 4.78 is 46.2. The molecule has 0 spiro atoms. The number of nitriles is 1. The minimum atomic E-state index is -4.63. The van der Waals surface area contributed by atoms with E-state index in [1.54, 1.807) is 36.1 Å². The number of nitrogens with zero attached hydrogens (tertiary/aromatic N) is 4. The molecule has 2 aliphatic heterocycles. The van der Waals surface area contributed by atoms with Gasteiger partial charge in [0.05, 0.1) is 29.4 Å². The van der Waals surface area contributed by atoms with Gasteiger partial charge < -0.3 is 19.4 Å². The number of allylic oxidation sites excluding steroid dienone is 1. The molecule has 4 rings (SSSR count). The lowest BCUT2D eigenvalue weighted by molar-refractivity contribution is -0.140. The van der Waals surface area contributed by atoms with Gasteiger partial charge in [0.25, 0.3) is 0 Å². The summed E-state index contributed by atoms with van der Waals surface area (Å²) in [6.45, 7) is 5.24. The highest BCUT2D eigenvalue weighted by atomic mass is 19.4. The van der Waals surface area contributed by atoms with E-state index in [1.165, 1.54) is 24.0 Å². The third-order valence-corrected chi connectivity index (χ3v) is 7.31. The van der Waals surface area contributed by atoms with Crippen LogP contribution in [0.4, 0.5) is 18.9 Å². The number of rotatable bonds is 5. The smallest absolute Gasteiger partial charge is 0.416 e. The van der Waals surface area contributed by atoms with Crippen LogP contribution in [0.3, 0.4) is 0 Å². The zero-order valence-corrected chi connectivity index (χ0v) is 22.5. The number of hydrogen-bond donors (Lipinski definition) is 1. The molecule has 1 fully saturated rings. The molecule has 2 aliphatic rings. The van der Waals surface area contributed by atoms with Crippen LogP contribution in [0.2, 0.25) is 0 Å². The number of carbonyl (C=O) groups excluding carboxylic acids is 2. The monoisotopic (exact) mass is 553 g/mol. The zero-order chi connectivity index (χ0) is 29.2. The molecule has 0 radical (unpaired) electrons. The molecule has 0 aliphatic carbocycles. The van der Waals surface area contributed by atoms with Crippen molar-refractivity contribution in [2.75, 3.05) is 44.7 Å². The van der Waals surface area contributed by atoms with Crippen LogP contribution in [-0.2, 0) is 20.5 Å². The Labute approximate surface area is 230 Å². The van der Waals surface area contributed by atoms with Crippen LogP contribution < -0.4 is 4.90 Å². The molecular formula is C29H30F3N5O3. The first kappa shape index (κ1) is 28.8. The van der Waals surface area contributed by atoms with Crippen LogP contribution in [0.1, 0.15) is 36.5 Å². The lowest BCUT2D eigenvalue weighted by Gasteiger charge is -2.43. The van der Waals surface area contributed by atoms with Gasteiger partial charge in [0.2, 0.25) is 5.91 Å². The summed E-state index contributed by atoms with van der Waals surface area (Å²) in [5.41, 5.74) is 0.253. The number of benzene rings is 2. The molecule has 1 amide bonds. The van der Waals surface area contributed by atoms with Crippen LogP contribution in [0.25, 0.3) is 0 Å². The highest BCUT2D eigenvalue weighted by Gasteiger charge is 2.48. The van der Waals surface area contributed by atoms with E-state index in [0.29, 0.717) is 37.3 Å². The number of halogens is 3. The molecule has 0 aromatic heterocycles. The molecule has 2 aromatic carbocycles. The van der Waals surface area contributed by atoms with Crippen molar-refractivity contribution in [1.29, 1.82) is 10.7 Å². The number of alkyl halides is 3. The third-order valence-electron chi connectivity index (χ3n) is 7.31. The predicted octanol–water partition coefficient (Wildman–Crippen LogP) is 4.39.